The van der Waals surface area contributed by atoms with E-state index in [9.17, 15) is 4.79 Å². The number of aliphatic carboxylic acids is 1. The van der Waals surface area contributed by atoms with Crippen molar-refractivity contribution in [2.45, 2.75) is 18.9 Å². The van der Waals surface area contributed by atoms with Gasteiger partial charge in [-0.2, -0.15) is 0 Å². The van der Waals surface area contributed by atoms with E-state index >= 15 is 0 Å². The highest BCUT2D eigenvalue weighted by molar-refractivity contribution is 5.77. The molecule has 15 heavy (non-hydrogen) atoms. The van der Waals surface area contributed by atoms with Crippen molar-refractivity contribution in [3.63, 3.8) is 0 Å². The van der Waals surface area contributed by atoms with Crippen molar-refractivity contribution in [1.82, 2.24) is 10.8 Å². The van der Waals surface area contributed by atoms with E-state index in [2.05, 4.69) is 4.99 Å². The average Bonchev–Trinajstić information content (AvgIpc) is 2.10. The summed E-state index contributed by atoms with van der Waals surface area (Å²) in [5.41, 5.74) is 12.3. The van der Waals surface area contributed by atoms with Gasteiger partial charge in [-0.3, -0.25) is 20.2 Å². The van der Waals surface area contributed by atoms with Gasteiger partial charge in [-0.05, 0) is 12.8 Å². The highest BCUT2D eigenvalue weighted by Crippen LogP contribution is 1.94. The van der Waals surface area contributed by atoms with Gasteiger partial charge in [-0.15, -0.1) is 0 Å². The molecule has 0 aliphatic rings. The molecule has 0 aromatic heterocycles. The summed E-state index contributed by atoms with van der Waals surface area (Å²) in [6, 6.07) is -0.915. The van der Waals surface area contributed by atoms with Crippen molar-refractivity contribution in [2.75, 3.05) is 6.54 Å². The molecular formula is C6H15N5O4. The van der Waals surface area contributed by atoms with Crippen LogP contribution in [-0.2, 0) is 4.79 Å². The first-order valence-electron chi connectivity index (χ1n) is 4.16. The van der Waals surface area contributed by atoms with Crippen LogP contribution in [0.3, 0.4) is 0 Å². The number of hydrazine groups is 1. The van der Waals surface area contributed by atoms with E-state index < -0.39 is 12.0 Å². The van der Waals surface area contributed by atoms with Crippen molar-refractivity contribution in [3.8, 4) is 0 Å². The smallest absolute Gasteiger partial charge is 0.320 e. The Bertz CT molecular complexity index is 232. The first kappa shape index (κ1) is 13.6. The van der Waals surface area contributed by atoms with Gasteiger partial charge in [-0.25, -0.2) is 5.43 Å². The molecule has 0 fully saturated rings. The molecule has 0 radical (unpaired) electrons. The summed E-state index contributed by atoms with van der Waals surface area (Å²) in [6.07, 6.45) is 0.709. The van der Waals surface area contributed by atoms with Gasteiger partial charge in [0.1, 0.15) is 6.04 Å². The summed E-state index contributed by atoms with van der Waals surface area (Å²) in [7, 11) is 0. The van der Waals surface area contributed by atoms with Crippen LogP contribution in [0.4, 0.5) is 0 Å². The lowest BCUT2D eigenvalue weighted by Crippen LogP contribution is -2.42. The van der Waals surface area contributed by atoms with Crippen LogP contribution in [0.15, 0.2) is 4.99 Å². The summed E-state index contributed by atoms with van der Waals surface area (Å²) in [5.74, 6) is -1.26. The molecule has 0 unspecified atom stereocenters. The van der Waals surface area contributed by atoms with Gasteiger partial charge in [0.05, 0.1) is 0 Å². The van der Waals surface area contributed by atoms with Gasteiger partial charge >= 0.3 is 5.97 Å². The molecule has 88 valence electrons. The molecule has 0 aliphatic heterocycles. The summed E-state index contributed by atoms with van der Waals surface area (Å²) in [6.45, 7) is 0.244. The number of nitrogens with zero attached hydrogens (tertiary/aromatic N) is 2. The third kappa shape index (κ3) is 7.64. The molecule has 0 heterocycles. The van der Waals surface area contributed by atoms with Gasteiger partial charge in [0.25, 0.3) is 0 Å². The Morgan fingerprint density at radius 3 is 2.60 bits per heavy atom. The second kappa shape index (κ2) is 6.95. The highest BCUT2D eigenvalue weighted by atomic mass is 16.8. The van der Waals surface area contributed by atoms with E-state index in [0.29, 0.717) is 6.42 Å². The second-order valence-electron chi connectivity index (χ2n) is 2.76. The Morgan fingerprint density at radius 2 is 2.13 bits per heavy atom. The molecule has 0 saturated heterocycles. The zero-order valence-corrected chi connectivity index (χ0v) is 8.00. The standard InChI is InChI=1S/C6H15N5O4/c7-4(5(12)13)2-1-3-9-6(8)10-11(14)15/h4,14-15H,1-3,7H2,(H,12,13)(H3,8,9,10)/t4-/m0/s1. The lowest BCUT2D eigenvalue weighted by atomic mass is 10.2. The van der Waals surface area contributed by atoms with Crippen LogP contribution < -0.4 is 16.9 Å². The monoisotopic (exact) mass is 221 g/mol. The van der Waals surface area contributed by atoms with Crippen LogP contribution in [0.1, 0.15) is 12.8 Å². The van der Waals surface area contributed by atoms with Crippen LogP contribution in [0.2, 0.25) is 0 Å². The summed E-state index contributed by atoms with van der Waals surface area (Å²) < 4.78 is 0. The zero-order valence-electron chi connectivity index (χ0n) is 8.00. The summed E-state index contributed by atoms with van der Waals surface area (Å²) in [4.78, 5) is 14.0. The van der Waals surface area contributed by atoms with Gasteiger partial charge in [-0.1, -0.05) is 0 Å². The highest BCUT2D eigenvalue weighted by Gasteiger charge is 2.09. The SMILES string of the molecule is NC(=NCCC[C@H](N)C(=O)O)NN(O)O. The van der Waals surface area contributed by atoms with Crippen LogP contribution in [0.5, 0.6) is 0 Å². The fourth-order valence-electron chi connectivity index (χ4n) is 0.772. The van der Waals surface area contributed by atoms with Crippen molar-refractivity contribution < 1.29 is 20.3 Å². The van der Waals surface area contributed by atoms with Crippen molar-refractivity contribution in [1.29, 1.82) is 0 Å². The predicted octanol–water partition coefficient (Wildman–Crippen LogP) is -1.92. The fourth-order valence-corrected chi connectivity index (χ4v) is 0.772. The van der Waals surface area contributed by atoms with Crippen LogP contribution in [-0.4, -0.2) is 45.4 Å². The zero-order chi connectivity index (χ0) is 11.8. The number of aliphatic imine (C=N–C) groups is 1. The Balaban J connectivity index is 3.65. The summed E-state index contributed by atoms with van der Waals surface area (Å²) >= 11 is 0. The second-order valence-corrected chi connectivity index (χ2v) is 2.76. The molecule has 0 aromatic rings. The molecule has 0 saturated carbocycles. The van der Waals surface area contributed by atoms with Gasteiger partial charge < -0.3 is 16.6 Å². The molecular weight excluding hydrogens is 206 g/mol. The largest absolute Gasteiger partial charge is 0.480 e. The Morgan fingerprint density at radius 1 is 1.53 bits per heavy atom. The van der Waals surface area contributed by atoms with Crippen LogP contribution in [0.25, 0.3) is 0 Å². The van der Waals surface area contributed by atoms with E-state index in [1.165, 1.54) is 0 Å². The molecule has 8 N–H and O–H groups in total. The quantitative estimate of drug-likeness (QED) is 0.131. The van der Waals surface area contributed by atoms with Gasteiger partial charge in [0.15, 0.2) is 0 Å². The minimum atomic E-state index is -1.07. The number of hydrogen-bond donors (Lipinski definition) is 6. The van der Waals surface area contributed by atoms with Crippen LogP contribution in [0, 0.1) is 0 Å². The normalized spacial score (nSPS) is 14.0. The minimum absolute atomic E-state index is 0.191. The molecule has 0 aliphatic carbocycles. The third-order valence-electron chi connectivity index (χ3n) is 1.49. The van der Waals surface area contributed by atoms with Crippen molar-refractivity contribution in [2.24, 2.45) is 16.5 Å². The van der Waals surface area contributed by atoms with E-state index in [1.807, 2.05) is 5.43 Å². The molecule has 9 heteroatoms. The Hall–Kier alpha value is -1.42. The maximum absolute atomic E-state index is 10.3. The van der Waals surface area contributed by atoms with Gasteiger partial charge in [0, 0.05) is 11.9 Å². The molecule has 0 bridgehead atoms. The lowest BCUT2D eigenvalue weighted by molar-refractivity contribution is -0.329. The topological polar surface area (TPSA) is 157 Å². The number of guanidine groups is 1. The van der Waals surface area contributed by atoms with Gasteiger partial charge in [0.2, 0.25) is 5.96 Å². The van der Waals surface area contributed by atoms with E-state index in [0.717, 1.165) is 0 Å². The fraction of sp³-hybridized carbons (Fsp3) is 0.667. The molecule has 9 nitrogen and oxygen atoms in total. The Kier molecular flexibility index (Phi) is 6.29. The van der Waals surface area contributed by atoms with Crippen molar-refractivity contribution >= 4 is 11.9 Å². The third-order valence-corrected chi connectivity index (χ3v) is 1.49. The Labute approximate surface area is 85.9 Å². The minimum Gasteiger partial charge on any atom is -0.480 e. The van der Waals surface area contributed by atoms with E-state index in [4.69, 9.17) is 27.0 Å². The predicted molar refractivity (Wildman–Crippen MR) is 49.9 cm³/mol. The maximum atomic E-state index is 10.3. The first-order chi connectivity index (χ1) is 6.93. The summed E-state index contributed by atoms with van der Waals surface area (Å²) in [5, 5.41) is 24.6. The number of carboxylic acids is 1. The molecule has 0 aromatic carbocycles. The molecule has 1 atom stereocenters. The average molecular weight is 221 g/mol. The number of carboxylic acid groups (broad SMARTS) is 1. The first-order valence-corrected chi connectivity index (χ1v) is 4.16. The van der Waals surface area contributed by atoms with Crippen LogP contribution >= 0.6 is 0 Å². The lowest BCUT2D eigenvalue weighted by Gasteiger charge is -2.08. The molecule has 0 rings (SSSR count). The number of nitrogens with one attached hydrogen (secondary N) is 1. The number of nitrogens with two attached hydrogens (primary N) is 2. The number of rotatable bonds is 6. The van der Waals surface area contributed by atoms with E-state index in [1.54, 1.807) is 0 Å². The number of hydrogen-bond acceptors (Lipinski definition) is 6. The van der Waals surface area contributed by atoms with Crippen molar-refractivity contribution in [3.05, 3.63) is 0 Å². The van der Waals surface area contributed by atoms with E-state index in [-0.39, 0.29) is 24.3 Å². The molecule has 0 amide bonds. The number of carbonyl (C=O) groups is 1. The molecule has 0 spiro atoms. The maximum Gasteiger partial charge on any atom is 0.320 e.